The van der Waals surface area contributed by atoms with Gasteiger partial charge in [-0.1, -0.05) is 36.4 Å². The van der Waals surface area contributed by atoms with Crippen LogP contribution in [0.15, 0.2) is 40.8 Å². The third kappa shape index (κ3) is 2.97. The minimum absolute atomic E-state index is 0.00980. The SMILES string of the molecule is COC[C@H](NC(=O)c1oc2c(ccc3ccccc32)c1C)[C@@H]1CCCO1. The molecule has 26 heavy (non-hydrogen) atoms. The van der Waals surface area contributed by atoms with E-state index in [-0.39, 0.29) is 18.1 Å². The minimum Gasteiger partial charge on any atom is -0.450 e. The normalized spacial score (nSPS) is 18.5. The van der Waals surface area contributed by atoms with Gasteiger partial charge in [0.2, 0.25) is 0 Å². The van der Waals surface area contributed by atoms with Crippen LogP contribution in [0.1, 0.15) is 29.0 Å². The molecule has 136 valence electrons. The highest BCUT2D eigenvalue weighted by Crippen LogP contribution is 2.31. The maximum absolute atomic E-state index is 12.9. The largest absolute Gasteiger partial charge is 0.450 e. The molecule has 0 spiro atoms. The zero-order valence-electron chi connectivity index (χ0n) is 15.1. The van der Waals surface area contributed by atoms with Crippen LogP contribution in [0.25, 0.3) is 21.7 Å². The number of hydrogen-bond donors (Lipinski definition) is 1. The topological polar surface area (TPSA) is 60.7 Å². The number of nitrogens with one attached hydrogen (secondary N) is 1. The van der Waals surface area contributed by atoms with Gasteiger partial charge < -0.3 is 19.2 Å². The monoisotopic (exact) mass is 353 g/mol. The van der Waals surface area contributed by atoms with Crippen molar-refractivity contribution in [1.82, 2.24) is 5.32 Å². The molecule has 1 amide bonds. The van der Waals surface area contributed by atoms with Crippen LogP contribution in [0.5, 0.6) is 0 Å². The molecule has 1 saturated heterocycles. The van der Waals surface area contributed by atoms with Crippen molar-refractivity contribution in [3.05, 3.63) is 47.7 Å². The maximum Gasteiger partial charge on any atom is 0.287 e. The minimum atomic E-state index is -0.222. The maximum atomic E-state index is 12.9. The van der Waals surface area contributed by atoms with E-state index in [0.717, 1.165) is 46.8 Å². The first-order chi connectivity index (χ1) is 12.7. The van der Waals surface area contributed by atoms with Crippen LogP contribution in [-0.4, -0.2) is 38.4 Å². The molecule has 1 aromatic heterocycles. The Hall–Kier alpha value is -2.37. The van der Waals surface area contributed by atoms with Crippen molar-refractivity contribution < 1.29 is 18.7 Å². The highest BCUT2D eigenvalue weighted by molar-refractivity contribution is 6.08. The number of hydrogen-bond acceptors (Lipinski definition) is 4. The van der Waals surface area contributed by atoms with Gasteiger partial charge in [-0.25, -0.2) is 0 Å². The second-order valence-electron chi connectivity index (χ2n) is 6.81. The summed E-state index contributed by atoms with van der Waals surface area (Å²) in [6.07, 6.45) is 1.93. The molecule has 0 radical (unpaired) electrons. The first-order valence-corrected chi connectivity index (χ1v) is 9.01. The summed E-state index contributed by atoms with van der Waals surface area (Å²) in [4.78, 5) is 12.9. The Morgan fingerprint density at radius 2 is 2.12 bits per heavy atom. The fourth-order valence-corrected chi connectivity index (χ4v) is 3.74. The van der Waals surface area contributed by atoms with E-state index in [0.29, 0.717) is 12.4 Å². The summed E-state index contributed by atoms with van der Waals surface area (Å²) >= 11 is 0. The first kappa shape index (κ1) is 17.1. The van der Waals surface area contributed by atoms with Gasteiger partial charge in [0.25, 0.3) is 5.91 Å². The molecule has 0 bridgehead atoms. The fraction of sp³-hybridized carbons (Fsp3) is 0.381. The number of aryl methyl sites for hydroxylation is 1. The highest BCUT2D eigenvalue weighted by Gasteiger charge is 2.29. The van der Waals surface area contributed by atoms with Gasteiger partial charge in [0.05, 0.1) is 18.8 Å². The van der Waals surface area contributed by atoms with Crippen LogP contribution in [0.3, 0.4) is 0 Å². The van der Waals surface area contributed by atoms with Crippen LogP contribution in [-0.2, 0) is 9.47 Å². The summed E-state index contributed by atoms with van der Waals surface area (Å²) in [5.41, 5.74) is 1.61. The van der Waals surface area contributed by atoms with Gasteiger partial charge in [0.15, 0.2) is 5.76 Å². The molecule has 2 heterocycles. The van der Waals surface area contributed by atoms with Crippen LogP contribution in [0, 0.1) is 6.92 Å². The molecule has 5 heteroatoms. The summed E-state index contributed by atoms with van der Waals surface area (Å²) in [5, 5.41) is 6.12. The van der Waals surface area contributed by atoms with Crippen LogP contribution < -0.4 is 5.32 Å². The van der Waals surface area contributed by atoms with Crippen LogP contribution >= 0.6 is 0 Å². The standard InChI is InChI=1S/C21H23NO4/c1-13-15-10-9-14-6-3-4-7-16(14)20(15)26-19(13)21(23)22-17(12-24-2)18-8-5-11-25-18/h3-4,6-7,9-10,17-18H,5,8,11-12H2,1-2H3,(H,22,23)/t17-,18-/m0/s1. The zero-order chi connectivity index (χ0) is 18.1. The number of methoxy groups -OCH3 is 1. The van der Waals surface area contributed by atoms with Crippen molar-refractivity contribution in [2.45, 2.75) is 31.9 Å². The molecular formula is C21H23NO4. The highest BCUT2D eigenvalue weighted by atomic mass is 16.5. The van der Waals surface area contributed by atoms with Gasteiger partial charge in [-0.05, 0) is 25.2 Å². The summed E-state index contributed by atoms with van der Waals surface area (Å²) < 4.78 is 17.0. The Balaban J connectivity index is 1.67. The quantitative estimate of drug-likeness (QED) is 0.757. The molecule has 0 saturated carbocycles. The Morgan fingerprint density at radius 1 is 1.27 bits per heavy atom. The third-order valence-corrected chi connectivity index (χ3v) is 5.11. The molecule has 0 aliphatic carbocycles. The number of carbonyl (C=O) groups is 1. The van der Waals surface area contributed by atoms with Gasteiger partial charge in [-0.15, -0.1) is 0 Å². The summed E-state index contributed by atoms with van der Waals surface area (Å²) in [6.45, 7) is 3.07. The molecular weight excluding hydrogens is 330 g/mol. The number of furan rings is 1. The molecule has 1 N–H and O–H groups in total. The molecule has 5 nitrogen and oxygen atoms in total. The Bertz CT molecular complexity index is 940. The molecule has 1 fully saturated rings. The third-order valence-electron chi connectivity index (χ3n) is 5.11. The average molecular weight is 353 g/mol. The summed E-state index contributed by atoms with van der Waals surface area (Å²) in [6, 6.07) is 11.9. The van der Waals surface area contributed by atoms with Crippen molar-refractivity contribution in [3.63, 3.8) is 0 Å². The van der Waals surface area contributed by atoms with Crippen molar-refractivity contribution >= 4 is 27.6 Å². The van der Waals surface area contributed by atoms with Crippen molar-refractivity contribution in [3.8, 4) is 0 Å². The summed E-state index contributed by atoms with van der Waals surface area (Å²) in [7, 11) is 1.63. The van der Waals surface area contributed by atoms with Crippen molar-refractivity contribution in [2.24, 2.45) is 0 Å². The molecule has 2 aromatic carbocycles. The molecule has 4 rings (SSSR count). The Kier molecular flexibility index (Phi) is 4.66. The van der Waals surface area contributed by atoms with E-state index < -0.39 is 0 Å². The van der Waals surface area contributed by atoms with Crippen molar-refractivity contribution in [1.29, 1.82) is 0 Å². The summed E-state index contributed by atoms with van der Waals surface area (Å²) in [5.74, 6) is 0.135. The van der Waals surface area contributed by atoms with E-state index in [1.54, 1.807) is 7.11 Å². The number of amides is 1. The van der Waals surface area contributed by atoms with Gasteiger partial charge in [-0.2, -0.15) is 0 Å². The lowest BCUT2D eigenvalue weighted by Gasteiger charge is -2.23. The first-order valence-electron chi connectivity index (χ1n) is 9.01. The number of rotatable bonds is 5. The zero-order valence-corrected chi connectivity index (χ0v) is 15.1. The number of ether oxygens (including phenoxy) is 2. The smallest absolute Gasteiger partial charge is 0.287 e. The number of carbonyl (C=O) groups excluding carboxylic acids is 1. The van der Waals surface area contributed by atoms with E-state index in [9.17, 15) is 4.79 Å². The van der Waals surface area contributed by atoms with Gasteiger partial charge in [-0.3, -0.25) is 4.79 Å². The van der Waals surface area contributed by atoms with E-state index in [2.05, 4.69) is 11.4 Å². The van der Waals surface area contributed by atoms with Gasteiger partial charge in [0, 0.05) is 30.1 Å². The lowest BCUT2D eigenvalue weighted by atomic mass is 10.1. The van der Waals surface area contributed by atoms with Gasteiger partial charge in [0.1, 0.15) is 5.58 Å². The molecule has 1 aliphatic rings. The molecule has 0 unspecified atom stereocenters. The molecule has 3 aromatic rings. The Labute approximate surface area is 152 Å². The molecule has 2 atom stereocenters. The lowest BCUT2D eigenvalue weighted by Crippen LogP contribution is -2.46. The van der Waals surface area contributed by atoms with Crippen LogP contribution in [0.4, 0.5) is 0 Å². The van der Waals surface area contributed by atoms with E-state index in [4.69, 9.17) is 13.9 Å². The number of fused-ring (bicyclic) bond motifs is 3. The van der Waals surface area contributed by atoms with E-state index in [1.807, 2.05) is 37.3 Å². The van der Waals surface area contributed by atoms with Crippen molar-refractivity contribution in [2.75, 3.05) is 20.3 Å². The number of benzene rings is 2. The predicted octanol–water partition coefficient (Wildman–Crippen LogP) is 3.82. The molecule has 1 aliphatic heterocycles. The lowest BCUT2D eigenvalue weighted by molar-refractivity contribution is 0.0396. The van der Waals surface area contributed by atoms with E-state index in [1.165, 1.54) is 0 Å². The predicted molar refractivity (Wildman–Crippen MR) is 101 cm³/mol. The average Bonchev–Trinajstić information content (AvgIpc) is 3.30. The second-order valence-corrected chi connectivity index (χ2v) is 6.81. The van der Waals surface area contributed by atoms with Crippen LogP contribution in [0.2, 0.25) is 0 Å². The second kappa shape index (κ2) is 7.09. The van der Waals surface area contributed by atoms with Gasteiger partial charge >= 0.3 is 0 Å². The van der Waals surface area contributed by atoms with E-state index >= 15 is 0 Å². The Morgan fingerprint density at radius 3 is 2.88 bits per heavy atom. The fourth-order valence-electron chi connectivity index (χ4n) is 3.74.